The quantitative estimate of drug-likeness (QED) is 0.709. The summed E-state index contributed by atoms with van der Waals surface area (Å²) in [6.07, 6.45) is 0.564. The number of rotatable bonds is 2. The smallest absolute Gasteiger partial charge is 0.339 e. The number of aldehydes is 1. The van der Waals surface area contributed by atoms with Crippen LogP contribution in [0.25, 0.3) is 0 Å². The highest BCUT2D eigenvalue weighted by atomic mass is 16.7. The molecule has 1 aliphatic rings. The number of hydrogen-bond acceptors (Lipinski definition) is 4. The van der Waals surface area contributed by atoms with Gasteiger partial charge in [-0.3, -0.25) is 4.79 Å². The van der Waals surface area contributed by atoms with Gasteiger partial charge in [-0.15, -0.1) is 0 Å². The number of aromatic carboxylic acids is 1. The first-order chi connectivity index (χ1) is 6.72. The van der Waals surface area contributed by atoms with Crippen LogP contribution in [-0.4, -0.2) is 24.2 Å². The lowest BCUT2D eigenvalue weighted by Crippen LogP contribution is -2.00. The van der Waals surface area contributed by atoms with E-state index in [-0.39, 0.29) is 23.7 Å². The fourth-order valence-electron chi connectivity index (χ4n) is 1.26. The predicted molar refractivity (Wildman–Crippen MR) is 44.9 cm³/mol. The van der Waals surface area contributed by atoms with Gasteiger partial charge in [-0.25, -0.2) is 4.79 Å². The Bertz CT molecular complexity index is 410. The van der Waals surface area contributed by atoms with Crippen LogP contribution in [0.2, 0.25) is 0 Å². The molecule has 1 N–H and O–H groups in total. The molecular weight excluding hydrogens is 188 g/mol. The van der Waals surface area contributed by atoms with Gasteiger partial charge in [0.1, 0.15) is 11.8 Å². The minimum Gasteiger partial charge on any atom is -0.478 e. The largest absolute Gasteiger partial charge is 0.478 e. The third kappa shape index (κ3) is 1.19. The number of carbonyl (C=O) groups is 2. The Hall–Kier alpha value is -2.04. The van der Waals surface area contributed by atoms with Gasteiger partial charge in [0.05, 0.1) is 0 Å². The molecule has 0 spiro atoms. The van der Waals surface area contributed by atoms with E-state index in [4.69, 9.17) is 14.6 Å². The number of fused-ring (bicyclic) bond motifs is 1. The second-order valence-electron chi connectivity index (χ2n) is 2.73. The summed E-state index contributed by atoms with van der Waals surface area (Å²) in [5, 5.41) is 8.82. The normalized spacial score (nSPS) is 12.6. The second kappa shape index (κ2) is 3.02. The molecule has 5 nitrogen and oxygen atoms in total. The summed E-state index contributed by atoms with van der Waals surface area (Å²) in [4.78, 5) is 21.3. The van der Waals surface area contributed by atoms with Crippen LogP contribution in [0.15, 0.2) is 12.1 Å². The Morgan fingerprint density at radius 1 is 1.43 bits per heavy atom. The third-order valence-corrected chi connectivity index (χ3v) is 1.86. The van der Waals surface area contributed by atoms with Crippen LogP contribution < -0.4 is 9.47 Å². The van der Waals surface area contributed by atoms with Gasteiger partial charge in [-0.2, -0.15) is 0 Å². The molecule has 1 heterocycles. The third-order valence-electron chi connectivity index (χ3n) is 1.86. The molecule has 0 saturated heterocycles. The molecule has 0 bridgehead atoms. The van der Waals surface area contributed by atoms with Gasteiger partial charge in [0.2, 0.25) is 6.79 Å². The zero-order valence-corrected chi connectivity index (χ0v) is 7.02. The van der Waals surface area contributed by atoms with E-state index >= 15 is 0 Å². The monoisotopic (exact) mass is 194 g/mol. The van der Waals surface area contributed by atoms with Crippen LogP contribution in [0.3, 0.4) is 0 Å². The van der Waals surface area contributed by atoms with Crippen molar-refractivity contribution in [2.24, 2.45) is 0 Å². The van der Waals surface area contributed by atoms with Crippen molar-refractivity contribution in [1.29, 1.82) is 0 Å². The minimum absolute atomic E-state index is 0.0159. The van der Waals surface area contributed by atoms with Gasteiger partial charge in [0.25, 0.3) is 0 Å². The average molecular weight is 194 g/mol. The van der Waals surface area contributed by atoms with E-state index < -0.39 is 5.97 Å². The summed E-state index contributed by atoms with van der Waals surface area (Å²) < 4.78 is 9.96. The van der Waals surface area contributed by atoms with E-state index in [9.17, 15) is 9.59 Å². The van der Waals surface area contributed by atoms with Crippen LogP contribution in [0.4, 0.5) is 0 Å². The topological polar surface area (TPSA) is 72.8 Å². The second-order valence-corrected chi connectivity index (χ2v) is 2.73. The lowest BCUT2D eigenvalue weighted by atomic mass is 10.1. The van der Waals surface area contributed by atoms with Crippen molar-refractivity contribution in [3.05, 3.63) is 23.3 Å². The zero-order chi connectivity index (χ0) is 10.1. The average Bonchev–Trinajstić information content (AvgIpc) is 2.63. The molecule has 72 valence electrons. The van der Waals surface area contributed by atoms with Gasteiger partial charge < -0.3 is 14.6 Å². The molecule has 0 aliphatic carbocycles. The highest BCUT2D eigenvalue weighted by Gasteiger charge is 2.22. The predicted octanol–water partition coefficient (Wildman–Crippen LogP) is 0.926. The van der Waals surface area contributed by atoms with Crippen molar-refractivity contribution in [3.8, 4) is 11.5 Å². The molecule has 1 aromatic rings. The number of carboxylic acid groups (broad SMARTS) is 1. The van der Waals surface area contributed by atoms with Crippen molar-refractivity contribution in [3.63, 3.8) is 0 Å². The van der Waals surface area contributed by atoms with Gasteiger partial charge in [-0.05, 0) is 12.1 Å². The first kappa shape index (κ1) is 8.55. The molecule has 0 unspecified atom stereocenters. The van der Waals surface area contributed by atoms with Crippen LogP contribution >= 0.6 is 0 Å². The molecule has 0 aromatic heterocycles. The van der Waals surface area contributed by atoms with Crippen LogP contribution in [0, 0.1) is 0 Å². The Morgan fingerprint density at radius 2 is 2.21 bits per heavy atom. The first-order valence-corrected chi connectivity index (χ1v) is 3.84. The van der Waals surface area contributed by atoms with Gasteiger partial charge in [0, 0.05) is 5.56 Å². The summed E-state index contributed by atoms with van der Waals surface area (Å²) in [5.74, 6) is -0.662. The molecule has 14 heavy (non-hydrogen) atoms. The Kier molecular flexibility index (Phi) is 1.85. The van der Waals surface area contributed by atoms with E-state index in [1.807, 2.05) is 0 Å². The van der Waals surface area contributed by atoms with Crippen LogP contribution in [0.1, 0.15) is 20.7 Å². The fourth-order valence-corrected chi connectivity index (χ4v) is 1.26. The van der Waals surface area contributed by atoms with Gasteiger partial charge in [0.15, 0.2) is 11.5 Å². The van der Waals surface area contributed by atoms with Crippen molar-refractivity contribution in [1.82, 2.24) is 0 Å². The highest BCUT2D eigenvalue weighted by molar-refractivity contribution is 5.94. The molecule has 1 aromatic carbocycles. The van der Waals surface area contributed by atoms with Crippen molar-refractivity contribution in [2.75, 3.05) is 6.79 Å². The van der Waals surface area contributed by atoms with E-state index in [0.29, 0.717) is 12.0 Å². The first-order valence-electron chi connectivity index (χ1n) is 3.84. The molecule has 0 fully saturated rings. The van der Waals surface area contributed by atoms with E-state index in [0.717, 1.165) is 0 Å². The fraction of sp³-hybridized carbons (Fsp3) is 0.111. The molecule has 2 rings (SSSR count). The van der Waals surface area contributed by atoms with Crippen LogP contribution in [-0.2, 0) is 0 Å². The lowest BCUT2D eigenvalue weighted by molar-refractivity contribution is 0.0692. The number of ether oxygens (including phenoxy) is 2. The molecule has 0 radical (unpaired) electrons. The standard InChI is InChI=1S/C9H6O5/c10-3-5-1-6(9(11)12)8-7(2-5)13-4-14-8/h1-3H,4H2,(H,11,12). The SMILES string of the molecule is O=Cc1cc2c(c(C(=O)O)c1)OCO2. The summed E-state index contributed by atoms with van der Waals surface area (Å²) in [6.45, 7) is -0.0159. The summed E-state index contributed by atoms with van der Waals surface area (Å²) >= 11 is 0. The summed E-state index contributed by atoms with van der Waals surface area (Å²) in [7, 11) is 0. The number of carboxylic acids is 1. The maximum Gasteiger partial charge on any atom is 0.339 e. The maximum atomic E-state index is 10.8. The molecular formula is C9H6O5. The van der Waals surface area contributed by atoms with Crippen molar-refractivity contribution < 1.29 is 24.2 Å². The molecule has 0 amide bonds. The van der Waals surface area contributed by atoms with Gasteiger partial charge >= 0.3 is 5.97 Å². The minimum atomic E-state index is -1.14. The number of carbonyl (C=O) groups excluding carboxylic acids is 1. The Morgan fingerprint density at radius 3 is 2.86 bits per heavy atom. The van der Waals surface area contributed by atoms with E-state index in [1.165, 1.54) is 12.1 Å². The molecule has 0 atom stereocenters. The van der Waals surface area contributed by atoms with Gasteiger partial charge in [-0.1, -0.05) is 0 Å². The zero-order valence-electron chi connectivity index (χ0n) is 7.02. The summed E-state index contributed by atoms with van der Waals surface area (Å²) in [6, 6.07) is 2.70. The Balaban J connectivity index is 2.63. The van der Waals surface area contributed by atoms with Crippen molar-refractivity contribution in [2.45, 2.75) is 0 Å². The molecule has 0 saturated carbocycles. The molecule has 1 aliphatic heterocycles. The number of benzene rings is 1. The summed E-state index contributed by atoms with van der Waals surface area (Å²) in [5.41, 5.74) is 0.203. The molecule has 5 heteroatoms. The van der Waals surface area contributed by atoms with Crippen LogP contribution in [0.5, 0.6) is 11.5 Å². The Labute approximate surface area is 78.9 Å². The maximum absolute atomic E-state index is 10.8. The lowest BCUT2D eigenvalue weighted by Gasteiger charge is -2.01. The van der Waals surface area contributed by atoms with E-state index in [1.54, 1.807) is 0 Å². The highest BCUT2D eigenvalue weighted by Crippen LogP contribution is 2.36. The van der Waals surface area contributed by atoms with E-state index in [2.05, 4.69) is 0 Å². The van der Waals surface area contributed by atoms with Crippen molar-refractivity contribution >= 4 is 12.3 Å². The number of hydrogen-bond donors (Lipinski definition) is 1.